The second-order valence-electron chi connectivity index (χ2n) is 4.97. The molecule has 0 radical (unpaired) electrons. The van der Waals surface area contributed by atoms with E-state index in [1.807, 2.05) is 12.4 Å². The second-order valence-corrected chi connectivity index (χ2v) is 4.97. The molecule has 0 bridgehead atoms. The van der Waals surface area contributed by atoms with Crippen molar-refractivity contribution in [1.82, 2.24) is 14.9 Å². The Morgan fingerprint density at radius 2 is 2.38 bits per heavy atom. The molecule has 1 aliphatic carbocycles. The zero-order valence-corrected chi connectivity index (χ0v) is 10.4. The minimum absolute atomic E-state index is 0.704. The van der Waals surface area contributed by atoms with E-state index in [-0.39, 0.29) is 0 Å². The molecule has 3 heteroatoms. The van der Waals surface area contributed by atoms with Crippen molar-refractivity contribution in [3.05, 3.63) is 18.2 Å². The molecule has 0 aromatic carbocycles. The third kappa shape index (κ3) is 2.85. The molecule has 16 heavy (non-hydrogen) atoms. The van der Waals surface area contributed by atoms with Crippen molar-refractivity contribution in [2.45, 2.75) is 51.6 Å². The van der Waals surface area contributed by atoms with Gasteiger partial charge in [-0.25, -0.2) is 4.98 Å². The van der Waals surface area contributed by atoms with Gasteiger partial charge in [0.15, 0.2) is 0 Å². The van der Waals surface area contributed by atoms with Gasteiger partial charge in [0.05, 0.1) is 6.54 Å². The van der Waals surface area contributed by atoms with E-state index < -0.39 is 0 Å². The minimum Gasteiger partial charge on any atom is -0.337 e. The molecule has 1 heterocycles. The Kier molecular flexibility index (Phi) is 3.99. The zero-order chi connectivity index (χ0) is 11.4. The first kappa shape index (κ1) is 11.6. The molecule has 1 fully saturated rings. The van der Waals surface area contributed by atoms with Crippen LogP contribution in [0.1, 0.15) is 44.9 Å². The quantitative estimate of drug-likeness (QED) is 0.846. The van der Waals surface area contributed by atoms with E-state index in [1.165, 1.54) is 32.1 Å². The molecule has 1 aliphatic rings. The van der Waals surface area contributed by atoms with Crippen LogP contribution in [0, 0.1) is 5.92 Å². The number of imidazole rings is 1. The molecule has 0 amide bonds. The van der Waals surface area contributed by atoms with Gasteiger partial charge in [-0.1, -0.05) is 26.2 Å². The molecular weight excluding hydrogens is 198 g/mol. The van der Waals surface area contributed by atoms with Crippen LogP contribution in [0.4, 0.5) is 0 Å². The summed E-state index contributed by atoms with van der Waals surface area (Å²) in [6.45, 7) is 3.22. The Hall–Kier alpha value is -0.830. The maximum atomic E-state index is 4.34. The SMILES string of the molecule is CCC1CCCC(NCc2nccn2C)C1. The van der Waals surface area contributed by atoms with E-state index >= 15 is 0 Å². The maximum absolute atomic E-state index is 4.34. The number of aromatic nitrogens is 2. The van der Waals surface area contributed by atoms with Crippen molar-refractivity contribution < 1.29 is 0 Å². The molecule has 2 atom stereocenters. The van der Waals surface area contributed by atoms with Crippen LogP contribution < -0.4 is 5.32 Å². The van der Waals surface area contributed by atoms with Crippen LogP contribution in [0.25, 0.3) is 0 Å². The Morgan fingerprint density at radius 1 is 1.50 bits per heavy atom. The van der Waals surface area contributed by atoms with Gasteiger partial charge in [0.1, 0.15) is 5.82 Å². The van der Waals surface area contributed by atoms with Crippen molar-refractivity contribution in [2.24, 2.45) is 13.0 Å². The lowest BCUT2D eigenvalue weighted by Crippen LogP contribution is -2.34. The van der Waals surface area contributed by atoms with Gasteiger partial charge in [-0.2, -0.15) is 0 Å². The second kappa shape index (κ2) is 5.48. The fraction of sp³-hybridized carbons (Fsp3) is 0.769. The molecule has 1 aromatic rings. The van der Waals surface area contributed by atoms with E-state index in [9.17, 15) is 0 Å². The number of nitrogens with one attached hydrogen (secondary N) is 1. The summed E-state index contributed by atoms with van der Waals surface area (Å²) in [6.07, 6.45) is 10.7. The first-order chi connectivity index (χ1) is 7.79. The maximum Gasteiger partial charge on any atom is 0.122 e. The van der Waals surface area contributed by atoms with Crippen molar-refractivity contribution >= 4 is 0 Å². The van der Waals surface area contributed by atoms with E-state index in [2.05, 4.69) is 28.8 Å². The predicted molar refractivity (Wildman–Crippen MR) is 66.1 cm³/mol. The van der Waals surface area contributed by atoms with Gasteiger partial charge in [-0.15, -0.1) is 0 Å². The van der Waals surface area contributed by atoms with Gasteiger partial charge < -0.3 is 9.88 Å². The predicted octanol–water partition coefficient (Wildman–Crippen LogP) is 2.48. The van der Waals surface area contributed by atoms with Gasteiger partial charge in [-0.3, -0.25) is 0 Å². The van der Waals surface area contributed by atoms with Crippen LogP contribution in [0.2, 0.25) is 0 Å². The van der Waals surface area contributed by atoms with Gasteiger partial charge in [0.25, 0.3) is 0 Å². The van der Waals surface area contributed by atoms with Crippen molar-refractivity contribution in [1.29, 1.82) is 0 Å². The lowest BCUT2D eigenvalue weighted by Gasteiger charge is -2.29. The van der Waals surface area contributed by atoms with E-state index in [4.69, 9.17) is 0 Å². The van der Waals surface area contributed by atoms with Gasteiger partial charge >= 0.3 is 0 Å². The highest BCUT2D eigenvalue weighted by atomic mass is 15.1. The number of hydrogen-bond donors (Lipinski definition) is 1. The van der Waals surface area contributed by atoms with Crippen molar-refractivity contribution in [3.63, 3.8) is 0 Å². The number of rotatable bonds is 4. The highest BCUT2D eigenvalue weighted by molar-refractivity contribution is 4.91. The Bertz CT molecular complexity index is 319. The highest BCUT2D eigenvalue weighted by Crippen LogP contribution is 2.26. The van der Waals surface area contributed by atoms with E-state index in [1.54, 1.807) is 0 Å². The van der Waals surface area contributed by atoms with Crippen molar-refractivity contribution in [3.8, 4) is 0 Å². The third-order valence-electron chi connectivity index (χ3n) is 3.83. The highest BCUT2D eigenvalue weighted by Gasteiger charge is 2.20. The monoisotopic (exact) mass is 221 g/mol. The fourth-order valence-corrected chi connectivity index (χ4v) is 2.65. The molecule has 1 aromatic heterocycles. The minimum atomic E-state index is 0.704. The smallest absolute Gasteiger partial charge is 0.122 e. The Morgan fingerprint density at radius 3 is 3.06 bits per heavy atom. The first-order valence-electron chi connectivity index (χ1n) is 6.49. The zero-order valence-electron chi connectivity index (χ0n) is 10.4. The van der Waals surface area contributed by atoms with Gasteiger partial charge in [-0.05, 0) is 18.8 Å². The van der Waals surface area contributed by atoms with Crippen LogP contribution in [0.15, 0.2) is 12.4 Å². The largest absolute Gasteiger partial charge is 0.337 e. The number of aryl methyl sites for hydroxylation is 1. The van der Waals surface area contributed by atoms with Crippen LogP contribution in [0.3, 0.4) is 0 Å². The molecule has 2 unspecified atom stereocenters. The molecule has 3 nitrogen and oxygen atoms in total. The van der Waals surface area contributed by atoms with Crippen LogP contribution >= 0.6 is 0 Å². The van der Waals surface area contributed by atoms with Crippen LogP contribution in [-0.4, -0.2) is 15.6 Å². The normalized spacial score (nSPS) is 25.9. The fourth-order valence-electron chi connectivity index (χ4n) is 2.65. The third-order valence-corrected chi connectivity index (χ3v) is 3.83. The lowest BCUT2D eigenvalue weighted by atomic mass is 9.84. The lowest BCUT2D eigenvalue weighted by molar-refractivity contribution is 0.276. The Balaban J connectivity index is 1.79. The molecule has 0 aliphatic heterocycles. The summed E-state index contributed by atoms with van der Waals surface area (Å²) < 4.78 is 2.09. The average molecular weight is 221 g/mol. The summed E-state index contributed by atoms with van der Waals surface area (Å²) >= 11 is 0. The average Bonchev–Trinajstić information content (AvgIpc) is 2.72. The summed E-state index contributed by atoms with van der Waals surface area (Å²) in [6, 6.07) is 0.704. The molecular formula is C13H23N3. The first-order valence-corrected chi connectivity index (χ1v) is 6.49. The molecule has 90 valence electrons. The molecule has 2 rings (SSSR count). The van der Waals surface area contributed by atoms with Crippen LogP contribution in [-0.2, 0) is 13.6 Å². The number of hydrogen-bond acceptors (Lipinski definition) is 2. The van der Waals surface area contributed by atoms with E-state index in [0.29, 0.717) is 6.04 Å². The standard InChI is InChI=1S/C13H23N3/c1-3-11-5-4-6-12(9-11)15-10-13-14-7-8-16(13)2/h7-8,11-12,15H,3-6,9-10H2,1-2H3. The molecule has 0 saturated heterocycles. The van der Waals surface area contributed by atoms with Crippen molar-refractivity contribution in [2.75, 3.05) is 0 Å². The van der Waals surface area contributed by atoms with Gasteiger partial charge in [0, 0.05) is 25.5 Å². The molecule has 0 spiro atoms. The van der Waals surface area contributed by atoms with Crippen LogP contribution in [0.5, 0.6) is 0 Å². The summed E-state index contributed by atoms with van der Waals surface area (Å²) in [7, 11) is 2.06. The van der Waals surface area contributed by atoms with Gasteiger partial charge in [0.2, 0.25) is 0 Å². The topological polar surface area (TPSA) is 29.9 Å². The van der Waals surface area contributed by atoms with E-state index in [0.717, 1.165) is 18.3 Å². The summed E-state index contributed by atoms with van der Waals surface area (Å²) in [5.41, 5.74) is 0. The number of nitrogens with zero attached hydrogens (tertiary/aromatic N) is 2. The summed E-state index contributed by atoms with van der Waals surface area (Å²) in [4.78, 5) is 4.34. The Labute approximate surface area is 98.3 Å². The summed E-state index contributed by atoms with van der Waals surface area (Å²) in [5, 5.41) is 3.65. The molecule has 1 saturated carbocycles. The molecule has 1 N–H and O–H groups in total. The summed E-state index contributed by atoms with van der Waals surface area (Å²) in [5.74, 6) is 2.08.